The van der Waals surface area contributed by atoms with E-state index < -0.39 is 0 Å². The lowest BCUT2D eigenvalue weighted by atomic mass is 10.7. The highest BCUT2D eigenvalue weighted by atomic mass is 32.2. The first-order chi connectivity index (χ1) is 6.36. The van der Waals surface area contributed by atoms with Crippen molar-refractivity contribution < 1.29 is 4.57 Å². The Morgan fingerprint density at radius 3 is 3.15 bits per heavy atom. The molecule has 13 heavy (non-hydrogen) atoms. The molecule has 0 aromatic carbocycles. The van der Waals surface area contributed by atoms with Crippen LogP contribution in [0.25, 0.3) is 0 Å². The van der Waals surface area contributed by atoms with Gasteiger partial charge in [-0.1, -0.05) is 6.92 Å². The minimum absolute atomic E-state index is 0.438. The van der Waals surface area contributed by atoms with Gasteiger partial charge in [-0.25, -0.2) is 9.13 Å². The summed E-state index contributed by atoms with van der Waals surface area (Å²) < 4.78 is 4.00. The van der Waals surface area contributed by atoms with Crippen molar-refractivity contribution in [2.75, 3.05) is 11.5 Å². The molecule has 70 valence electrons. The van der Waals surface area contributed by atoms with Crippen LogP contribution < -0.4 is 4.57 Å². The monoisotopic (exact) mass is 196 g/mol. The number of rotatable bonds is 5. The van der Waals surface area contributed by atoms with Gasteiger partial charge in [-0.3, -0.25) is 0 Å². The molecular formula is C9H14N3S+. The van der Waals surface area contributed by atoms with E-state index in [-0.39, 0.29) is 0 Å². The molecule has 0 aliphatic rings. The highest BCUT2D eigenvalue weighted by Crippen LogP contribution is 1.96. The zero-order valence-electron chi connectivity index (χ0n) is 7.81. The van der Waals surface area contributed by atoms with Gasteiger partial charge in [0.25, 0.3) is 0 Å². The second-order valence-electron chi connectivity index (χ2n) is 2.68. The summed E-state index contributed by atoms with van der Waals surface area (Å²) in [6.45, 7) is 3.63. The van der Waals surface area contributed by atoms with Gasteiger partial charge < -0.3 is 0 Å². The standard InChI is InChI=1S/C9H14N3S/c1-2-13-8-7-12-6-5-11(9-12)4-3-10/h5-6,9H,2,4,7-8H2,1H3/q+1. The van der Waals surface area contributed by atoms with Crippen molar-refractivity contribution in [2.24, 2.45) is 0 Å². The SMILES string of the molecule is CCSCC[n+]1ccn(CC#N)c1. The highest BCUT2D eigenvalue weighted by Gasteiger charge is 2.01. The average Bonchev–Trinajstić information content (AvgIpc) is 2.54. The van der Waals surface area contributed by atoms with E-state index in [4.69, 9.17) is 5.26 Å². The lowest BCUT2D eigenvalue weighted by Gasteiger charge is -1.93. The summed E-state index contributed by atoms with van der Waals surface area (Å²) in [6.07, 6.45) is 5.91. The number of aromatic nitrogens is 2. The molecule has 0 bridgehead atoms. The number of nitriles is 1. The number of thioether (sulfide) groups is 1. The Bertz CT molecular complexity index is 287. The first-order valence-corrected chi connectivity index (χ1v) is 5.51. The Morgan fingerprint density at radius 1 is 1.62 bits per heavy atom. The molecule has 1 heterocycles. The van der Waals surface area contributed by atoms with Gasteiger partial charge in [-0.05, 0) is 5.75 Å². The van der Waals surface area contributed by atoms with Gasteiger partial charge in [0.2, 0.25) is 6.33 Å². The van der Waals surface area contributed by atoms with Gasteiger partial charge in [-0.15, -0.1) is 0 Å². The molecule has 0 saturated heterocycles. The fourth-order valence-corrected chi connectivity index (χ4v) is 1.69. The van der Waals surface area contributed by atoms with Gasteiger partial charge in [0, 0.05) is 5.75 Å². The van der Waals surface area contributed by atoms with Gasteiger partial charge in [0.05, 0.1) is 6.54 Å². The van der Waals surface area contributed by atoms with Gasteiger partial charge >= 0.3 is 0 Å². The van der Waals surface area contributed by atoms with Crippen LogP contribution in [0.5, 0.6) is 0 Å². The number of aryl methyl sites for hydroxylation is 1. The quantitative estimate of drug-likeness (QED) is 0.521. The van der Waals surface area contributed by atoms with Gasteiger partial charge in [-0.2, -0.15) is 17.0 Å². The average molecular weight is 196 g/mol. The van der Waals surface area contributed by atoms with Crippen LogP contribution in [0.15, 0.2) is 18.7 Å². The van der Waals surface area contributed by atoms with Crippen LogP contribution in [0.1, 0.15) is 6.92 Å². The number of nitrogens with zero attached hydrogens (tertiary/aromatic N) is 3. The fraction of sp³-hybridized carbons (Fsp3) is 0.556. The molecule has 0 amide bonds. The smallest absolute Gasteiger partial charge is 0.236 e. The van der Waals surface area contributed by atoms with E-state index in [1.54, 1.807) is 0 Å². The summed E-state index contributed by atoms with van der Waals surface area (Å²) in [4.78, 5) is 0. The molecule has 0 saturated carbocycles. The van der Waals surface area contributed by atoms with Crippen molar-refractivity contribution in [3.8, 4) is 6.07 Å². The third-order valence-corrected chi connectivity index (χ3v) is 2.58. The van der Waals surface area contributed by atoms with Crippen LogP contribution >= 0.6 is 11.8 Å². The van der Waals surface area contributed by atoms with Crippen LogP contribution in [0, 0.1) is 11.3 Å². The van der Waals surface area contributed by atoms with E-state index in [0.717, 1.165) is 12.3 Å². The maximum Gasteiger partial charge on any atom is 0.244 e. The maximum atomic E-state index is 8.46. The molecular weight excluding hydrogens is 182 g/mol. The molecule has 1 aromatic rings. The van der Waals surface area contributed by atoms with Gasteiger partial charge in [0.15, 0.2) is 6.54 Å². The molecule has 1 rings (SSSR count). The molecule has 0 aliphatic carbocycles. The number of hydrogen-bond donors (Lipinski definition) is 0. The molecule has 4 heteroatoms. The lowest BCUT2D eigenvalue weighted by Crippen LogP contribution is -2.32. The summed E-state index contributed by atoms with van der Waals surface area (Å²) in [5, 5.41) is 8.46. The first kappa shape index (κ1) is 10.1. The minimum atomic E-state index is 0.438. The highest BCUT2D eigenvalue weighted by molar-refractivity contribution is 7.99. The molecule has 0 N–H and O–H groups in total. The van der Waals surface area contributed by atoms with Crippen LogP contribution in [0.3, 0.4) is 0 Å². The van der Waals surface area contributed by atoms with Crippen molar-refractivity contribution >= 4 is 11.8 Å². The topological polar surface area (TPSA) is 32.6 Å². The van der Waals surface area contributed by atoms with Crippen molar-refractivity contribution in [3.05, 3.63) is 18.7 Å². The molecule has 0 radical (unpaired) electrons. The van der Waals surface area contributed by atoms with E-state index in [1.165, 1.54) is 5.75 Å². The van der Waals surface area contributed by atoms with E-state index in [9.17, 15) is 0 Å². The van der Waals surface area contributed by atoms with Crippen LogP contribution in [-0.2, 0) is 13.1 Å². The predicted molar refractivity (Wildman–Crippen MR) is 53.2 cm³/mol. The Morgan fingerprint density at radius 2 is 2.46 bits per heavy atom. The minimum Gasteiger partial charge on any atom is -0.236 e. The van der Waals surface area contributed by atoms with Crippen molar-refractivity contribution in [3.63, 3.8) is 0 Å². The van der Waals surface area contributed by atoms with E-state index in [2.05, 4.69) is 17.6 Å². The molecule has 0 spiro atoms. The van der Waals surface area contributed by atoms with Gasteiger partial charge in [0.1, 0.15) is 18.5 Å². The van der Waals surface area contributed by atoms with E-state index >= 15 is 0 Å². The summed E-state index contributed by atoms with van der Waals surface area (Å²) in [7, 11) is 0. The molecule has 0 aliphatic heterocycles. The Balaban J connectivity index is 2.36. The van der Waals surface area contributed by atoms with Crippen LogP contribution in [0.4, 0.5) is 0 Å². The number of hydrogen-bond acceptors (Lipinski definition) is 2. The zero-order valence-corrected chi connectivity index (χ0v) is 8.63. The Hall–Kier alpha value is -0.950. The zero-order chi connectivity index (χ0) is 9.52. The second-order valence-corrected chi connectivity index (χ2v) is 4.07. The van der Waals surface area contributed by atoms with Crippen LogP contribution in [-0.4, -0.2) is 16.1 Å². The second kappa shape index (κ2) is 5.65. The largest absolute Gasteiger partial charge is 0.244 e. The Kier molecular flexibility index (Phi) is 4.41. The van der Waals surface area contributed by atoms with E-state index in [1.807, 2.05) is 35.0 Å². The fourth-order valence-electron chi connectivity index (χ4n) is 1.06. The first-order valence-electron chi connectivity index (χ1n) is 4.36. The summed E-state index contributed by atoms with van der Waals surface area (Å²) in [5.74, 6) is 2.30. The normalized spacial score (nSPS) is 9.85. The maximum absolute atomic E-state index is 8.46. The van der Waals surface area contributed by atoms with E-state index in [0.29, 0.717) is 6.54 Å². The van der Waals surface area contributed by atoms with Crippen molar-refractivity contribution in [2.45, 2.75) is 20.0 Å². The predicted octanol–water partition coefficient (Wildman–Crippen LogP) is 1.05. The number of imidazole rings is 1. The summed E-state index contributed by atoms with van der Waals surface area (Å²) in [5.41, 5.74) is 0. The molecule has 1 aromatic heterocycles. The Labute approximate surface area is 83.0 Å². The molecule has 3 nitrogen and oxygen atoms in total. The van der Waals surface area contributed by atoms with Crippen molar-refractivity contribution in [1.82, 2.24) is 4.57 Å². The lowest BCUT2D eigenvalue weighted by molar-refractivity contribution is -0.691. The molecule has 0 unspecified atom stereocenters. The summed E-state index contributed by atoms with van der Waals surface area (Å²) >= 11 is 1.93. The van der Waals surface area contributed by atoms with Crippen LogP contribution in [0.2, 0.25) is 0 Å². The third-order valence-electron chi connectivity index (χ3n) is 1.70. The molecule has 0 atom stereocenters. The third kappa shape index (κ3) is 3.51. The van der Waals surface area contributed by atoms with Crippen molar-refractivity contribution in [1.29, 1.82) is 5.26 Å². The summed E-state index contributed by atoms with van der Waals surface area (Å²) in [6, 6.07) is 2.11. The molecule has 0 fully saturated rings.